The van der Waals surface area contributed by atoms with Gasteiger partial charge in [-0.15, -0.1) is 0 Å². The molecule has 1 aromatic heterocycles. The number of amides is 2. The van der Waals surface area contributed by atoms with Gasteiger partial charge in [0.25, 0.3) is 0 Å². The van der Waals surface area contributed by atoms with Crippen molar-refractivity contribution in [1.82, 2.24) is 15.1 Å². The third-order valence-corrected chi connectivity index (χ3v) is 5.67. The van der Waals surface area contributed by atoms with Crippen LogP contribution in [0.25, 0.3) is 11.3 Å². The zero-order valence-electron chi connectivity index (χ0n) is 16.9. The first-order chi connectivity index (χ1) is 13.9. The van der Waals surface area contributed by atoms with Gasteiger partial charge in [-0.2, -0.15) is 9.78 Å². The van der Waals surface area contributed by atoms with Crippen LogP contribution in [0, 0.1) is 5.92 Å². The van der Waals surface area contributed by atoms with Crippen molar-refractivity contribution in [2.45, 2.75) is 64.3 Å². The van der Waals surface area contributed by atoms with Gasteiger partial charge < -0.3 is 15.7 Å². The predicted octanol–water partition coefficient (Wildman–Crippen LogP) is 4.23. The number of phenols is 1. The molecule has 2 saturated carbocycles. The first-order valence-corrected chi connectivity index (χ1v) is 10.5. The number of aromatic hydroxyl groups is 1. The van der Waals surface area contributed by atoms with E-state index in [4.69, 9.17) is 0 Å². The van der Waals surface area contributed by atoms with Crippen molar-refractivity contribution < 1.29 is 14.7 Å². The Bertz CT molecular complexity index is 924. The highest BCUT2D eigenvalue weighted by Gasteiger charge is 2.29. The molecule has 4 rings (SSSR count). The highest BCUT2D eigenvalue weighted by molar-refractivity contribution is 5.93. The maximum atomic E-state index is 12.8. The van der Waals surface area contributed by atoms with E-state index in [2.05, 4.69) is 15.7 Å². The van der Waals surface area contributed by atoms with E-state index in [1.165, 1.54) is 4.68 Å². The molecular weight excluding hydrogens is 368 g/mol. The van der Waals surface area contributed by atoms with Crippen LogP contribution in [0.2, 0.25) is 0 Å². The summed E-state index contributed by atoms with van der Waals surface area (Å²) in [5, 5.41) is 20.8. The number of nitrogens with zero attached hydrogens (tertiary/aromatic N) is 2. The normalized spacial score (nSPS) is 16.9. The average Bonchev–Trinajstić information content (AvgIpc) is 3.18. The highest BCUT2D eigenvalue weighted by Crippen LogP contribution is 2.38. The standard InChI is InChI=1S/C22H28N4O3/c1-13(2)21(28)23-16-9-10-20(27)17(11-16)18-12-19(14-5-3-4-6-14)26(25-18)22(29)24-15-7-8-15/h9-15,27H,3-8H2,1-2H3,(H,23,28)(H,24,29). The summed E-state index contributed by atoms with van der Waals surface area (Å²) in [7, 11) is 0. The second-order valence-electron chi connectivity index (χ2n) is 8.45. The fraction of sp³-hybridized carbons (Fsp3) is 0.500. The summed E-state index contributed by atoms with van der Waals surface area (Å²) in [6, 6.07) is 6.86. The molecule has 0 bridgehead atoms. The molecule has 7 nitrogen and oxygen atoms in total. The molecule has 0 atom stereocenters. The van der Waals surface area contributed by atoms with Crippen LogP contribution in [0.15, 0.2) is 24.3 Å². The molecular formula is C22H28N4O3. The third kappa shape index (κ3) is 4.28. The fourth-order valence-corrected chi connectivity index (χ4v) is 3.77. The minimum absolute atomic E-state index is 0.0674. The first-order valence-electron chi connectivity index (χ1n) is 10.5. The van der Waals surface area contributed by atoms with Gasteiger partial charge in [-0.25, -0.2) is 4.79 Å². The van der Waals surface area contributed by atoms with Crippen LogP contribution in [0.5, 0.6) is 5.75 Å². The number of phenolic OH excluding ortho intramolecular Hbond substituents is 1. The van der Waals surface area contributed by atoms with E-state index in [1.807, 2.05) is 19.9 Å². The van der Waals surface area contributed by atoms with Gasteiger partial charge in [0.05, 0.1) is 11.4 Å². The number of nitrogens with one attached hydrogen (secondary N) is 2. The Hall–Kier alpha value is -2.83. The van der Waals surface area contributed by atoms with E-state index in [1.54, 1.807) is 18.2 Å². The second kappa shape index (κ2) is 7.89. The number of carbonyl (C=O) groups is 2. The molecule has 0 radical (unpaired) electrons. The molecule has 2 aromatic rings. The third-order valence-electron chi connectivity index (χ3n) is 5.67. The Morgan fingerprint density at radius 3 is 2.52 bits per heavy atom. The maximum Gasteiger partial charge on any atom is 0.342 e. The topological polar surface area (TPSA) is 96.2 Å². The van der Waals surface area contributed by atoms with Crippen molar-refractivity contribution in [2.75, 3.05) is 5.32 Å². The zero-order valence-corrected chi connectivity index (χ0v) is 16.9. The first kappa shape index (κ1) is 19.5. The highest BCUT2D eigenvalue weighted by atomic mass is 16.3. The lowest BCUT2D eigenvalue weighted by molar-refractivity contribution is -0.118. The molecule has 1 heterocycles. The van der Waals surface area contributed by atoms with Gasteiger partial charge in [-0.3, -0.25) is 4.79 Å². The van der Waals surface area contributed by atoms with Crippen LogP contribution < -0.4 is 10.6 Å². The molecule has 2 fully saturated rings. The lowest BCUT2D eigenvalue weighted by Gasteiger charge is -2.11. The molecule has 0 saturated heterocycles. The summed E-state index contributed by atoms with van der Waals surface area (Å²) < 4.78 is 1.47. The van der Waals surface area contributed by atoms with Crippen molar-refractivity contribution in [2.24, 2.45) is 5.92 Å². The molecule has 0 spiro atoms. The van der Waals surface area contributed by atoms with Gasteiger partial charge in [-0.1, -0.05) is 26.7 Å². The van der Waals surface area contributed by atoms with E-state index < -0.39 is 0 Å². The monoisotopic (exact) mass is 396 g/mol. The molecule has 0 aliphatic heterocycles. The molecule has 2 amide bonds. The van der Waals surface area contributed by atoms with Gasteiger partial charge >= 0.3 is 6.03 Å². The van der Waals surface area contributed by atoms with Gasteiger partial charge in [0.15, 0.2) is 0 Å². The molecule has 154 valence electrons. The Balaban J connectivity index is 1.68. The van der Waals surface area contributed by atoms with Crippen molar-refractivity contribution in [3.05, 3.63) is 30.0 Å². The Morgan fingerprint density at radius 2 is 1.86 bits per heavy atom. The lowest BCUT2D eigenvalue weighted by atomic mass is 10.0. The van der Waals surface area contributed by atoms with E-state index in [9.17, 15) is 14.7 Å². The number of hydrogen-bond donors (Lipinski definition) is 3. The Labute approximate surface area is 170 Å². The Kier molecular flexibility index (Phi) is 5.30. The summed E-state index contributed by atoms with van der Waals surface area (Å²) in [5.41, 5.74) is 2.53. The number of hydrogen-bond acceptors (Lipinski definition) is 4. The Morgan fingerprint density at radius 1 is 1.14 bits per heavy atom. The minimum Gasteiger partial charge on any atom is -0.507 e. The average molecular weight is 396 g/mol. The number of rotatable bonds is 5. The number of benzene rings is 1. The van der Waals surface area contributed by atoms with Gasteiger partial charge in [0, 0.05) is 29.1 Å². The predicted molar refractivity (Wildman–Crippen MR) is 111 cm³/mol. The van der Waals surface area contributed by atoms with Crippen LogP contribution in [-0.4, -0.2) is 32.9 Å². The minimum atomic E-state index is -0.204. The molecule has 3 N–H and O–H groups in total. The number of anilines is 1. The molecule has 29 heavy (non-hydrogen) atoms. The van der Waals surface area contributed by atoms with Gasteiger partial charge in [-0.05, 0) is 49.9 Å². The van der Waals surface area contributed by atoms with E-state index >= 15 is 0 Å². The maximum absolute atomic E-state index is 12.8. The lowest BCUT2D eigenvalue weighted by Crippen LogP contribution is -2.32. The molecule has 2 aliphatic carbocycles. The van der Waals surface area contributed by atoms with E-state index in [0.717, 1.165) is 44.2 Å². The second-order valence-corrected chi connectivity index (χ2v) is 8.45. The van der Waals surface area contributed by atoms with E-state index in [0.29, 0.717) is 22.9 Å². The zero-order chi connectivity index (χ0) is 20.5. The summed E-state index contributed by atoms with van der Waals surface area (Å²) in [5.74, 6) is 0.124. The quantitative estimate of drug-likeness (QED) is 0.659. The summed E-state index contributed by atoms with van der Waals surface area (Å²) in [6.07, 6.45) is 6.40. The molecule has 0 unspecified atom stereocenters. The van der Waals surface area contributed by atoms with Crippen LogP contribution in [0.3, 0.4) is 0 Å². The van der Waals surface area contributed by atoms with Crippen molar-refractivity contribution in [3.63, 3.8) is 0 Å². The number of carbonyl (C=O) groups excluding carboxylic acids is 2. The summed E-state index contributed by atoms with van der Waals surface area (Å²) in [6.45, 7) is 3.65. The number of aromatic nitrogens is 2. The van der Waals surface area contributed by atoms with Crippen molar-refractivity contribution >= 4 is 17.6 Å². The molecule has 7 heteroatoms. The van der Waals surface area contributed by atoms with Gasteiger partial charge in [0.2, 0.25) is 5.91 Å². The van der Waals surface area contributed by atoms with Crippen LogP contribution >= 0.6 is 0 Å². The van der Waals surface area contributed by atoms with Crippen molar-refractivity contribution in [1.29, 1.82) is 0 Å². The molecule has 2 aliphatic rings. The SMILES string of the molecule is CC(C)C(=O)Nc1ccc(O)c(-c2cc(C3CCCC3)n(C(=O)NC3CC3)n2)c1. The smallest absolute Gasteiger partial charge is 0.342 e. The summed E-state index contributed by atoms with van der Waals surface area (Å²) >= 11 is 0. The van der Waals surface area contributed by atoms with E-state index in [-0.39, 0.29) is 29.6 Å². The molecule has 1 aromatic carbocycles. The van der Waals surface area contributed by atoms with Crippen LogP contribution in [-0.2, 0) is 4.79 Å². The summed E-state index contributed by atoms with van der Waals surface area (Å²) in [4.78, 5) is 24.8. The van der Waals surface area contributed by atoms with Crippen LogP contribution in [0.4, 0.5) is 10.5 Å². The fourth-order valence-electron chi connectivity index (χ4n) is 3.77. The van der Waals surface area contributed by atoms with Crippen LogP contribution in [0.1, 0.15) is 64.0 Å². The van der Waals surface area contributed by atoms with Crippen molar-refractivity contribution in [3.8, 4) is 17.0 Å². The largest absolute Gasteiger partial charge is 0.507 e. The van der Waals surface area contributed by atoms with Gasteiger partial charge in [0.1, 0.15) is 5.75 Å².